The summed E-state index contributed by atoms with van der Waals surface area (Å²) >= 11 is 5.94. The van der Waals surface area contributed by atoms with Crippen LogP contribution in [0.15, 0.2) is 24.3 Å². The van der Waals surface area contributed by atoms with Crippen molar-refractivity contribution >= 4 is 23.5 Å². The summed E-state index contributed by atoms with van der Waals surface area (Å²) in [4.78, 5) is 24.3. The number of amides is 1. The zero-order chi connectivity index (χ0) is 15.2. The SMILES string of the molecule is O=C(O)[C@@H]1CN(C(=O)CCOc2ccccc2Cl)CCO1. The number of carbonyl (C=O) groups is 2. The first-order valence-electron chi connectivity index (χ1n) is 6.57. The topological polar surface area (TPSA) is 76.1 Å². The lowest BCUT2D eigenvalue weighted by Crippen LogP contribution is -2.48. The van der Waals surface area contributed by atoms with Gasteiger partial charge in [0, 0.05) is 6.54 Å². The molecule has 0 aromatic heterocycles. The maximum absolute atomic E-state index is 12.0. The van der Waals surface area contributed by atoms with Crippen LogP contribution in [0.25, 0.3) is 0 Å². The summed E-state index contributed by atoms with van der Waals surface area (Å²) in [5.41, 5.74) is 0. The standard InChI is InChI=1S/C14H16ClNO5/c15-10-3-1-2-4-11(10)20-7-5-13(17)16-6-8-21-12(9-16)14(18)19/h1-4,12H,5-9H2,(H,18,19)/t12-/m0/s1. The Labute approximate surface area is 127 Å². The van der Waals surface area contributed by atoms with Crippen LogP contribution in [0.1, 0.15) is 6.42 Å². The molecule has 1 amide bonds. The van der Waals surface area contributed by atoms with Crippen LogP contribution in [0.5, 0.6) is 5.75 Å². The minimum absolute atomic E-state index is 0.0697. The highest BCUT2D eigenvalue weighted by atomic mass is 35.5. The molecule has 0 bridgehead atoms. The van der Waals surface area contributed by atoms with Crippen LogP contribution in [-0.4, -0.2) is 54.3 Å². The van der Waals surface area contributed by atoms with Gasteiger partial charge in [0.25, 0.3) is 0 Å². The second kappa shape index (κ2) is 7.28. The van der Waals surface area contributed by atoms with Gasteiger partial charge in [0.05, 0.1) is 31.2 Å². The third-order valence-electron chi connectivity index (χ3n) is 3.10. The van der Waals surface area contributed by atoms with E-state index in [1.165, 1.54) is 4.90 Å². The van der Waals surface area contributed by atoms with Crippen molar-refractivity contribution in [2.24, 2.45) is 0 Å². The van der Waals surface area contributed by atoms with Gasteiger partial charge in [-0.1, -0.05) is 23.7 Å². The number of para-hydroxylation sites is 1. The number of aliphatic carboxylic acids is 1. The van der Waals surface area contributed by atoms with Crippen molar-refractivity contribution in [2.45, 2.75) is 12.5 Å². The second-order valence-corrected chi connectivity index (χ2v) is 4.97. The lowest BCUT2D eigenvalue weighted by Gasteiger charge is -2.30. The zero-order valence-corrected chi connectivity index (χ0v) is 12.1. The van der Waals surface area contributed by atoms with Gasteiger partial charge >= 0.3 is 5.97 Å². The number of morpholine rings is 1. The van der Waals surface area contributed by atoms with Gasteiger partial charge in [-0.05, 0) is 12.1 Å². The molecule has 0 unspecified atom stereocenters. The monoisotopic (exact) mass is 313 g/mol. The first-order valence-corrected chi connectivity index (χ1v) is 6.95. The predicted octanol–water partition coefficient (Wildman–Crippen LogP) is 1.42. The van der Waals surface area contributed by atoms with E-state index < -0.39 is 12.1 Å². The Balaban J connectivity index is 1.79. The largest absolute Gasteiger partial charge is 0.491 e. The molecule has 2 rings (SSSR count). The highest BCUT2D eigenvalue weighted by Crippen LogP contribution is 2.23. The Hall–Kier alpha value is -1.79. The van der Waals surface area contributed by atoms with E-state index >= 15 is 0 Å². The molecule has 6 nitrogen and oxygen atoms in total. The molecule has 21 heavy (non-hydrogen) atoms. The third-order valence-corrected chi connectivity index (χ3v) is 3.42. The van der Waals surface area contributed by atoms with Crippen molar-refractivity contribution in [2.75, 3.05) is 26.3 Å². The molecule has 0 radical (unpaired) electrons. The van der Waals surface area contributed by atoms with Crippen molar-refractivity contribution in [3.05, 3.63) is 29.3 Å². The summed E-state index contributed by atoms with van der Waals surface area (Å²) in [6.07, 6.45) is -0.787. The second-order valence-electron chi connectivity index (χ2n) is 4.57. The molecule has 1 aliphatic rings. The number of benzene rings is 1. The lowest BCUT2D eigenvalue weighted by atomic mass is 10.2. The van der Waals surface area contributed by atoms with Crippen LogP contribution in [-0.2, 0) is 14.3 Å². The summed E-state index contributed by atoms with van der Waals surface area (Å²) in [6, 6.07) is 7.02. The lowest BCUT2D eigenvalue weighted by molar-refractivity contribution is -0.159. The van der Waals surface area contributed by atoms with Crippen LogP contribution in [0, 0.1) is 0 Å². The first-order chi connectivity index (χ1) is 10.1. The van der Waals surface area contributed by atoms with Crippen molar-refractivity contribution in [1.82, 2.24) is 4.90 Å². The molecule has 1 heterocycles. The minimum atomic E-state index is -1.06. The molecular formula is C14H16ClNO5. The van der Waals surface area contributed by atoms with Crippen molar-refractivity contribution in [1.29, 1.82) is 0 Å². The maximum Gasteiger partial charge on any atom is 0.334 e. The molecule has 0 saturated carbocycles. The van der Waals surface area contributed by atoms with E-state index in [9.17, 15) is 9.59 Å². The molecule has 0 spiro atoms. The average Bonchev–Trinajstić information content (AvgIpc) is 2.49. The molecule has 1 aromatic rings. The van der Waals surface area contributed by atoms with Gasteiger partial charge in [0.2, 0.25) is 5.91 Å². The van der Waals surface area contributed by atoms with E-state index in [4.69, 9.17) is 26.2 Å². The zero-order valence-electron chi connectivity index (χ0n) is 11.3. The third kappa shape index (κ3) is 4.34. The number of halogens is 1. The summed E-state index contributed by atoms with van der Waals surface area (Å²) in [5, 5.41) is 9.38. The molecule has 114 valence electrons. The fourth-order valence-corrected chi connectivity index (χ4v) is 2.18. The molecule has 1 N–H and O–H groups in total. The van der Waals surface area contributed by atoms with E-state index in [2.05, 4.69) is 0 Å². The number of carbonyl (C=O) groups excluding carboxylic acids is 1. The number of rotatable bonds is 5. The van der Waals surface area contributed by atoms with Gasteiger partial charge < -0.3 is 19.5 Å². The first kappa shape index (κ1) is 15.6. The molecular weight excluding hydrogens is 298 g/mol. The maximum atomic E-state index is 12.0. The molecule has 7 heteroatoms. The van der Waals surface area contributed by atoms with Crippen molar-refractivity contribution < 1.29 is 24.2 Å². The Morgan fingerprint density at radius 2 is 2.19 bits per heavy atom. The van der Waals surface area contributed by atoms with Gasteiger partial charge in [0.15, 0.2) is 6.10 Å². The summed E-state index contributed by atoms with van der Waals surface area (Å²) in [7, 11) is 0. The van der Waals surface area contributed by atoms with Crippen LogP contribution in [0.4, 0.5) is 0 Å². The number of hydrogen-bond donors (Lipinski definition) is 1. The van der Waals surface area contributed by atoms with Gasteiger partial charge in [-0.2, -0.15) is 0 Å². The molecule has 0 aliphatic carbocycles. The Morgan fingerprint density at radius 3 is 2.90 bits per heavy atom. The number of nitrogens with zero attached hydrogens (tertiary/aromatic N) is 1. The summed E-state index contributed by atoms with van der Waals surface area (Å²) in [5.74, 6) is -0.686. The van der Waals surface area contributed by atoms with Gasteiger partial charge in [-0.25, -0.2) is 4.79 Å². The van der Waals surface area contributed by atoms with Gasteiger partial charge in [0.1, 0.15) is 5.75 Å². The number of carboxylic acids is 1. The van der Waals surface area contributed by atoms with E-state index in [0.717, 1.165) is 0 Å². The smallest absolute Gasteiger partial charge is 0.334 e. The Kier molecular flexibility index (Phi) is 5.41. The fourth-order valence-electron chi connectivity index (χ4n) is 1.99. The molecule has 1 atom stereocenters. The van der Waals surface area contributed by atoms with Crippen molar-refractivity contribution in [3.8, 4) is 5.75 Å². The van der Waals surface area contributed by atoms with E-state index in [0.29, 0.717) is 17.3 Å². The number of carboxylic acid groups (broad SMARTS) is 1. The molecule has 1 aromatic carbocycles. The van der Waals surface area contributed by atoms with Crippen molar-refractivity contribution in [3.63, 3.8) is 0 Å². The van der Waals surface area contributed by atoms with Crippen LogP contribution < -0.4 is 4.74 Å². The van der Waals surface area contributed by atoms with Gasteiger partial charge in [-0.15, -0.1) is 0 Å². The highest BCUT2D eigenvalue weighted by Gasteiger charge is 2.28. The van der Waals surface area contributed by atoms with E-state index in [1.54, 1.807) is 24.3 Å². The molecule has 1 saturated heterocycles. The van der Waals surface area contributed by atoms with Crippen LogP contribution in [0.3, 0.4) is 0 Å². The van der Waals surface area contributed by atoms with Gasteiger partial charge in [-0.3, -0.25) is 4.79 Å². The minimum Gasteiger partial charge on any atom is -0.491 e. The van der Waals surface area contributed by atoms with E-state index in [-0.39, 0.29) is 32.1 Å². The molecule has 1 aliphatic heterocycles. The fraction of sp³-hybridized carbons (Fsp3) is 0.429. The number of ether oxygens (including phenoxy) is 2. The number of hydrogen-bond acceptors (Lipinski definition) is 4. The predicted molar refractivity (Wildman–Crippen MR) is 75.5 cm³/mol. The summed E-state index contributed by atoms with van der Waals surface area (Å²) < 4.78 is 10.5. The highest BCUT2D eigenvalue weighted by molar-refractivity contribution is 6.32. The molecule has 1 fully saturated rings. The van der Waals surface area contributed by atoms with E-state index in [1.807, 2.05) is 0 Å². The average molecular weight is 314 g/mol. The quantitative estimate of drug-likeness (QED) is 0.889. The van der Waals surface area contributed by atoms with Crippen LogP contribution in [0.2, 0.25) is 5.02 Å². The Morgan fingerprint density at radius 1 is 1.43 bits per heavy atom. The Bertz CT molecular complexity index is 522. The van der Waals surface area contributed by atoms with Crippen LogP contribution >= 0.6 is 11.6 Å². The summed E-state index contributed by atoms with van der Waals surface area (Å²) in [6.45, 7) is 0.890. The normalized spacial score (nSPS) is 18.3.